The Bertz CT molecular complexity index is 228. The average Bonchev–Trinajstić information content (AvgIpc) is 2.30. The number of carbonyl (C=O) groups excluding carboxylic acids is 1. The highest BCUT2D eigenvalue weighted by atomic mass is 16.1. The van der Waals surface area contributed by atoms with Crippen molar-refractivity contribution in [1.29, 1.82) is 0 Å². The van der Waals surface area contributed by atoms with Gasteiger partial charge in [-0.3, -0.25) is 4.79 Å². The lowest BCUT2D eigenvalue weighted by Crippen LogP contribution is -2.37. The van der Waals surface area contributed by atoms with Crippen molar-refractivity contribution in [3.05, 3.63) is 0 Å². The molecule has 1 amide bonds. The van der Waals surface area contributed by atoms with Crippen LogP contribution in [-0.2, 0) is 4.79 Å². The van der Waals surface area contributed by atoms with E-state index in [4.69, 9.17) is 0 Å². The molecule has 0 saturated heterocycles. The molecule has 100 valence electrons. The van der Waals surface area contributed by atoms with Crippen LogP contribution in [0.1, 0.15) is 52.9 Å². The SMILES string of the molecule is CCNC(=O)CCNC1CCCC(C(C)C)C1. The van der Waals surface area contributed by atoms with Gasteiger partial charge >= 0.3 is 0 Å². The molecule has 0 spiro atoms. The van der Waals surface area contributed by atoms with Crippen LogP contribution in [0.3, 0.4) is 0 Å². The van der Waals surface area contributed by atoms with Crippen LogP contribution in [0.15, 0.2) is 0 Å². The maximum atomic E-state index is 11.3. The molecule has 3 nitrogen and oxygen atoms in total. The zero-order valence-corrected chi connectivity index (χ0v) is 11.6. The molecule has 3 heteroatoms. The first kappa shape index (κ1) is 14.5. The summed E-state index contributed by atoms with van der Waals surface area (Å²) < 4.78 is 0. The summed E-state index contributed by atoms with van der Waals surface area (Å²) in [6.07, 6.45) is 5.89. The Balaban J connectivity index is 2.16. The largest absolute Gasteiger partial charge is 0.356 e. The van der Waals surface area contributed by atoms with Gasteiger partial charge in [-0.2, -0.15) is 0 Å². The minimum absolute atomic E-state index is 0.163. The summed E-state index contributed by atoms with van der Waals surface area (Å²) in [6, 6.07) is 0.630. The van der Waals surface area contributed by atoms with E-state index in [1.807, 2.05) is 6.92 Å². The molecule has 0 radical (unpaired) electrons. The van der Waals surface area contributed by atoms with E-state index >= 15 is 0 Å². The minimum atomic E-state index is 0.163. The van der Waals surface area contributed by atoms with Crippen LogP contribution in [0.25, 0.3) is 0 Å². The smallest absolute Gasteiger partial charge is 0.221 e. The van der Waals surface area contributed by atoms with E-state index in [0.717, 1.165) is 24.9 Å². The summed E-state index contributed by atoms with van der Waals surface area (Å²) in [5.41, 5.74) is 0. The van der Waals surface area contributed by atoms with E-state index in [1.165, 1.54) is 25.7 Å². The number of nitrogens with one attached hydrogen (secondary N) is 2. The summed E-state index contributed by atoms with van der Waals surface area (Å²) in [7, 11) is 0. The molecular weight excluding hydrogens is 212 g/mol. The highest BCUT2D eigenvalue weighted by Gasteiger charge is 2.23. The van der Waals surface area contributed by atoms with Crippen molar-refractivity contribution in [3.63, 3.8) is 0 Å². The van der Waals surface area contributed by atoms with Gasteiger partial charge in [0, 0.05) is 25.6 Å². The van der Waals surface area contributed by atoms with Crippen molar-refractivity contribution in [3.8, 4) is 0 Å². The van der Waals surface area contributed by atoms with E-state index in [2.05, 4.69) is 24.5 Å². The molecule has 0 aromatic heterocycles. The van der Waals surface area contributed by atoms with Crippen molar-refractivity contribution in [1.82, 2.24) is 10.6 Å². The molecule has 0 aliphatic heterocycles. The van der Waals surface area contributed by atoms with Crippen LogP contribution < -0.4 is 10.6 Å². The Labute approximate surface area is 106 Å². The quantitative estimate of drug-likeness (QED) is 0.748. The van der Waals surface area contributed by atoms with Crippen molar-refractivity contribution in [2.24, 2.45) is 11.8 Å². The monoisotopic (exact) mass is 240 g/mol. The van der Waals surface area contributed by atoms with Gasteiger partial charge < -0.3 is 10.6 Å². The van der Waals surface area contributed by atoms with Gasteiger partial charge in [0.1, 0.15) is 0 Å². The molecule has 0 aromatic carbocycles. The predicted octanol–water partition coefficient (Wildman–Crippen LogP) is 2.32. The van der Waals surface area contributed by atoms with Crippen molar-refractivity contribution < 1.29 is 4.79 Å². The van der Waals surface area contributed by atoms with Gasteiger partial charge in [0.05, 0.1) is 0 Å². The van der Waals surface area contributed by atoms with Gasteiger partial charge in [0.2, 0.25) is 5.91 Å². The lowest BCUT2D eigenvalue weighted by atomic mass is 9.79. The second-order valence-corrected chi connectivity index (χ2v) is 5.53. The van der Waals surface area contributed by atoms with Gasteiger partial charge in [0.15, 0.2) is 0 Å². The van der Waals surface area contributed by atoms with E-state index in [9.17, 15) is 4.79 Å². The topological polar surface area (TPSA) is 41.1 Å². The molecule has 1 rings (SSSR count). The van der Waals surface area contributed by atoms with Gasteiger partial charge in [-0.1, -0.05) is 26.7 Å². The molecule has 2 unspecified atom stereocenters. The van der Waals surface area contributed by atoms with Crippen molar-refractivity contribution >= 4 is 5.91 Å². The minimum Gasteiger partial charge on any atom is -0.356 e. The van der Waals surface area contributed by atoms with Gasteiger partial charge in [0.25, 0.3) is 0 Å². The molecule has 1 saturated carbocycles. The Morgan fingerprint density at radius 2 is 2.12 bits per heavy atom. The Morgan fingerprint density at radius 3 is 2.76 bits per heavy atom. The van der Waals surface area contributed by atoms with Crippen LogP contribution in [0.2, 0.25) is 0 Å². The van der Waals surface area contributed by atoms with E-state index in [1.54, 1.807) is 0 Å². The summed E-state index contributed by atoms with van der Waals surface area (Å²) >= 11 is 0. The molecule has 1 aliphatic carbocycles. The van der Waals surface area contributed by atoms with Gasteiger partial charge in [-0.25, -0.2) is 0 Å². The van der Waals surface area contributed by atoms with Crippen LogP contribution >= 0.6 is 0 Å². The third kappa shape index (κ3) is 5.53. The van der Waals surface area contributed by atoms with Crippen LogP contribution in [0, 0.1) is 11.8 Å². The lowest BCUT2D eigenvalue weighted by molar-refractivity contribution is -0.120. The third-order valence-electron chi connectivity index (χ3n) is 3.82. The molecule has 0 heterocycles. The van der Waals surface area contributed by atoms with Crippen molar-refractivity contribution in [2.75, 3.05) is 13.1 Å². The molecular formula is C14H28N2O. The first-order valence-corrected chi connectivity index (χ1v) is 7.13. The number of carbonyl (C=O) groups is 1. The zero-order chi connectivity index (χ0) is 12.7. The fraction of sp³-hybridized carbons (Fsp3) is 0.929. The summed E-state index contributed by atoms with van der Waals surface area (Å²) in [5.74, 6) is 1.82. The molecule has 0 bridgehead atoms. The summed E-state index contributed by atoms with van der Waals surface area (Å²) in [4.78, 5) is 11.3. The van der Waals surface area contributed by atoms with E-state index < -0.39 is 0 Å². The van der Waals surface area contributed by atoms with Gasteiger partial charge in [-0.15, -0.1) is 0 Å². The first-order chi connectivity index (χ1) is 8.13. The second-order valence-electron chi connectivity index (χ2n) is 5.53. The highest BCUT2D eigenvalue weighted by molar-refractivity contribution is 5.75. The standard InChI is InChI=1S/C14H28N2O/c1-4-15-14(17)8-9-16-13-7-5-6-12(10-13)11(2)3/h11-13,16H,4-10H2,1-3H3,(H,15,17). The lowest BCUT2D eigenvalue weighted by Gasteiger charge is -2.32. The van der Waals surface area contributed by atoms with Gasteiger partial charge in [-0.05, 0) is 31.6 Å². The normalized spacial score (nSPS) is 24.9. The zero-order valence-electron chi connectivity index (χ0n) is 11.6. The van der Waals surface area contributed by atoms with E-state index in [0.29, 0.717) is 12.5 Å². The van der Waals surface area contributed by atoms with Crippen LogP contribution in [0.4, 0.5) is 0 Å². The average molecular weight is 240 g/mol. The Morgan fingerprint density at radius 1 is 1.35 bits per heavy atom. The fourth-order valence-electron chi connectivity index (χ4n) is 2.69. The Kier molecular flexibility index (Phi) is 6.56. The molecule has 17 heavy (non-hydrogen) atoms. The molecule has 1 aliphatic rings. The first-order valence-electron chi connectivity index (χ1n) is 7.13. The molecule has 1 fully saturated rings. The van der Waals surface area contributed by atoms with Crippen molar-refractivity contribution in [2.45, 2.75) is 58.9 Å². The fourth-order valence-corrected chi connectivity index (χ4v) is 2.69. The maximum Gasteiger partial charge on any atom is 0.221 e. The summed E-state index contributed by atoms with van der Waals surface area (Å²) in [6.45, 7) is 8.15. The number of hydrogen-bond acceptors (Lipinski definition) is 2. The molecule has 2 N–H and O–H groups in total. The highest BCUT2D eigenvalue weighted by Crippen LogP contribution is 2.29. The Hall–Kier alpha value is -0.570. The number of rotatable bonds is 6. The number of hydrogen-bond donors (Lipinski definition) is 2. The van der Waals surface area contributed by atoms with Crippen LogP contribution in [-0.4, -0.2) is 25.0 Å². The third-order valence-corrected chi connectivity index (χ3v) is 3.82. The molecule has 0 aromatic rings. The second kappa shape index (κ2) is 7.70. The maximum absolute atomic E-state index is 11.3. The van der Waals surface area contributed by atoms with E-state index in [-0.39, 0.29) is 5.91 Å². The summed E-state index contributed by atoms with van der Waals surface area (Å²) in [5, 5.41) is 6.37. The number of amides is 1. The van der Waals surface area contributed by atoms with Crippen LogP contribution in [0.5, 0.6) is 0 Å². The predicted molar refractivity (Wildman–Crippen MR) is 71.9 cm³/mol. The molecule has 2 atom stereocenters.